The number of nitrogens with zero attached hydrogens (tertiary/aromatic N) is 4. The van der Waals surface area contributed by atoms with Crippen LogP contribution in [0.3, 0.4) is 0 Å². The van der Waals surface area contributed by atoms with Crippen molar-refractivity contribution in [2.45, 2.75) is 31.5 Å². The van der Waals surface area contributed by atoms with Gasteiger partial charge in [-0.15, -0.1) is 11.3 Å². The van der Waals surface area contributed by atoms with Gasteiger partial charge < -0.3 is 30.9 Å². The molecule has 2 aromatic rings. The summed E-state index contributed by atoms with van der Waals surface area (Å²) >= 11 is 7.07. The molecule has 4 amide bonds. The van der Waals surface area contributed by atoms with Gasteiger partial charge in [-0.3, -0.25) is 14.4 Å². The molecular weight excluding hydrogens is 498 g/mol. The summed E-state index contributed by atoms with van der Waals surface area (Å²) in [6.07, 6.45) is 1.17. The van der Waals surface area contributed by atoms with E-state index in [0.29, 0.717) is 11.6 Å². The Kier molecular flexibility index (Phi) is 7.48. The highest BCUT2D eigenvalue weighted by Gasteiger charge is 2.35. The van der Waals surface area contributed by atoms with Crippen LogP contribution >= 0.6 is 22.9 Å². The molecule has 12 nitrogen and oxygen atoms in total. The lowest BCUT2D eigenvalue weighted by molar-refractivity contribution is -0.136. The molecule has 1 fully saturated rings. The molecule has 0 aromatic carbocycles. The predicted molar refractivity (Wildman–Crippen MR) is 127 cm³/mol. The summed E-state index contributed by atoms with van der Waals surface area (Å²) in [6, 6.07) is 1.56. The highest BCUT2D eigenvalue weighted by Crippen LogP contribution is 2.25. The Labute approximate surface area is 209 Å². The standard InChI is InChI=1S/C21H24ClN7O5S/c1-28-6-4-13-15(10-28)35-20(26-13)19(32)25-14-9-29(21(33)34)7-5-12(14)24-17(30)18(31)27-16-3-2-11(22)8-23-16/h2-3,8,12,14H,4-7,9-10H2,1H3,(H,24,30)(H,25,32)(H,33,34)(H,23,27,31)/t12-,14+/m0/s1. The van der Waals surface area contributed by atoms with Crippen LogP contribution in [-0.4, -0.2) is 87.5 Å². The number of rotatable bonds is 4. The number of hydrogen-bond donors (Lipinski definition) is 4. The number of pyridine rings is 1. The first-order chi connectivity index (χ1) is 16.7. The van der Waals surface area contributed by atoms with Crippen LogP contribution in [0.25, 0.3) is 0 Å². The Balaban J connectivity index is 1.43. The maximum atomic E-state index is 13.0. The van der Waals surface area contributed by atoms with Crippen LogP contribution in [0.5, 0.6) is 0 Å². The topological polar surface area (TPSA) is 157 Å². The number of likely N-dealkylation sites (tertiary alicyclic amines) is 1. The molecule has 0 unspecified atom stereocenters. The lowest BCUT2D eigenvalue weighted by atomic mass is 9.99. The average Bonchev–Trinajstić information content (AvgIpc) is 3.25. The van der Waals surface area contributed by atoms with Crippen molar-refractivity contribution in [3.8, 4) is 0 Å². The first-order valence-corrected chi connectivity index (χ1v) is 12.1. The van der Waals surface area contributed by atoms with Crippen molar-refractivity contribution >= 4 is 52.6 Å². The average molecular weight is 522 g/mol. The van der Waals surface area contributed by atoms with Gasteiger partial charge in [0.2, 0.25) is 0 Å². The van der Waals surface area contributed by atoms with Crippen molar-refractivity contribution in [3.63, 3.8) is 0 Å². The zero-order chi connectivity index (χ0) is 25.1. The predicted octanol–water partition coefficient (Wildman–Crippen LogP) is 0.785. The molecule has 4 heterocycles. The van der Waals surface area contributed by atoms with Gasteiger partial charge >= 0.3 is 17.9 Å². The quantitative estimate of drug-likeness (QED) is 0.430. The SMILES string of the molecule is CN1CCc2nc(C(=O)N[C@@H]3CN(C(=O)O)CC[C@@H]3NC(=O)C(=O)Nc3ccc(Cl)cn3)sc2C1. The second-order valence-corrected chi connectivity index (χ2v) is 9.89. The molecule has 4 rings (SSSR count). The molecule has 0 bridgehead atoms. The number of likely N-dealkylation sites (N-methyl/N-ethyl adjacent to an activating group) is 1. The van der Waals surface area contributed by atoms with E-state index in [9.17, 15) is 24.3 Å². The monoisotopic (exact) mass is 521 g/mol. The van der Waals surface area contributed by atoms with Crippen molar-refractivity contribution in [3.05, 3.63) is 38.9 Å². The van der Waals surface area contributed by atoms with Crippen LogP contribution in [-0.2, 0) is 22.6 Å². The fraction of sp³-hybridized carbons (Fsp3) is 0.429. The van der Waals surface area contributed by atoms with Gasteiger partial charge in [-0.1, -0.05) is 11.6 Å². The third-order valence-corrected chi connectivity index (χ3v) is 7.11. The minimum atomic E-state index is -1.13. The lowest BCUT2D eigenvalue weighted by Gasteiger charge is -2.37. The van der Waals surface area contributed by atoms with Crippen LogP contribution in [0.4, 0.5) is 10.6 Å². The largest absolute Gasteiger partial charge is 0.465 e. The van der Waals surface area contributed by atoms with Crippen molar-refractivity contribution in [2.24, 2.45) is 0 Å². The van der Waals surface area contributed by atoms with Crippen molar-refractivity contribution in [1.29, 1.82) is 0 Å². The Hall–Kier alpha value is -3.29. The maximum Gasteiger partial charge on any atom is 0.407 e. The number of piperidine rings is 1. The zero-order valence-corrected chi connectivity index (χ0v) is 20.4. The van der Waals surface area contributed by atoms with Crippen LogP contribution in [0.2, 0.25) is 5.02 Å². The van der Waals surface area contributed by atoms with Gasteiger partial charge in [-0.2, -0.15) is 0 Å². The van der Waals surface area contributed by atoms with E-state index in [2.05, 4.69) is 30.8 Å². The summed E-state index contributed by atoms with van der Waals surface area (Å²) in [5.74, 6) is -2.17. The van der Waals surface area contributed by atoms with Crippen molar-refractivity contribution in [1.82, 2.24) is 30.4 Å². The second kappa shape index (κ2) is 10.5. The molecule has 4 N–H and O–H groups in total. The Bertz CT molecular complexity index is 1140. The van der Waals surface area contributed by atoms with Crippen LogP contribution in [0, 0.1) is 0 Å². The molecule has 0 aliphatic carbocycles. The van der Waals surface area contributed by atoms with E-state index in [4.69, 9.17) is 11.6 Å². The number of amides is 4. The molecule has 1 saturated heterocycles. The van der Waals surface area contributed by atoms with Gasteiger partial charge in [0, 0.05) is 43.7 Å². The number of anilines is 1. The van der Waals surface area contributed by atoms with Gasteiger partial charge in [-0.05, 0) is 25.6 Å². The number of carbonyl (C=O) groups excluding carboxylic acids is 3. The van der Waals surface area contributed by atoms with Gasteiger partial charge in [0.05, 0.1) is 22.8 Å². The third kappa shape index (κ3) is 6.05. The van der Waals surface area contributed by atoms with Gasteiger partial charge in [0.25, 0.3) is 5.91 Å². The third-order valence-electron chi connectivity index (χ3n) is 5.81. The number of halogens is 1. The normalized spacial score (nSPS) is 20.0. The van der Waals surface area contributed by atoms with Gasteiger partial charge in [0.15, 0.2) is 5.01 Å². The molecule has 2 atom stereocenters. The molecule has 2 aliphatic heterocycles. The summed E-state index contributed by atoms with van der Waals surface area (Å²) in [5.41, 5.74) is 0.895. The lowest BCUT2D eigenvalue weighted by Crippen LogP contribution is -2.62. The smallest absolute Gasteiger partial charge is 0.407 e. The van der Waals surface area contributed by atoms with Gasteiger partial charge in [0.1, 0.15) is 5.82 Å². The van der Waals surface area contributed by atoms with Crippen LogP contribution in [0.15, 0.2) is 18.3 Å². The summed E-state index contributed by atoms with van der Waals surface area (Å²) in [7, 11) is 2.00. The van der Waals surface area contributed by atoms with E-state index < -0.39 is 35.9 Å². The molecule has 2 aliphatic rings. The molecule has 14 heteroatoms. The number of carboxylic acid groups (broad SMARTS) is 1. The fourth-order valence-electron chi connectivity index (χ4n) is 3.95. The summed E-state index contributed by atoms with van der Waals surface area (Å²) in [4.78, 5) is 62.0. The molecule has 0 radical (unpaired) electrons. The maximum absolute atomic E-state index is 13.0. The van der Waals surface area contributed by atoms with E-state index >= 15 is 0 Å². The Morgan fingerprint density at radius 1 is 1.14 bits per heavy atom. The second-order valence-electron chi connectivity index (χ2n) is 8.37. The van der Waals surface area contributed by atoms with E-state index in [0.717, 1.165) is 28.4 Å². The molecule has 0 saturated carbocycles. The Morgan fingerprint density at radius 3 is 2.66 bits per heavy atom. The summed E-state index contributed by atoms with van der Waals surface area (Å²) in [5, 5.41) is 17.9. The van der Waals surface area contributed by atoms with Crippen LogP contribution in [0.1, 0.15) is 26.8 Å². The number of aromatic nitrogens is 2. The van der Waals surface area contributed by atoms with Crippen molar-refractivity contribution in [2.75, 3.05) is 32.0 Å². The minimum absolute atomic E-state index is 0.0415. The highest BCUT2D eigenvalue weighted by atomic mass is 35.5. The molecule has 0 spiro atoms. The van der Waals surface area contributed by atoms with Crippen molar-refractivity contribution < 1.29 is 24.3 Å². The van der Waals surface area contributed by atoms with E-state index in [1.807, 2.05) is 7.05 Å². The first-order valence-electron chi connectivity index (χ1n) is 10.9. The zero-order valence-electron chi connectivity index (χ0n) is 18.8. The molecule has 186 valence electrons. The minimum Gasteiger partial charge on any atom is -0.465 e. The molecular formula is C21H24ClN7O5S. The van der Waals surface area contributed by atoms with Crippen LogP contribution < -0.4 is 16.0 Å². The number of nitrogens with one attached hydrogen (secondary N) is 3. The highest BCUT2D eigenvalue weighted by molar-refractivity contribution is 7.13. The number of fused-ring (bicyclic) bond motifs is 1. The molecule has 2 aromatic heterocycles. The first kappa shape index (κ1) is 24.8. The molecule has 35 heavy (non-hydrogen) atoms. The Morgan fingerprint density at radius 2 is 1.94 bits per heavy atom. The van der Waals surface area contributed by atoms with Gasteiger partial charge in [-0.25, -0.2) is 14.8 Å². The number of thiazole rings is 1. The van der Waals surface area contributed by atoms with E-state index in [-0.39, 0.29) is 30.3 Å². The van der Waals surface area contributed by atoms with E-state index in [1.54, 1.807) is 0 Å². The summed E-state index contributed by atoms with van der Waals surface area (Å²) in [6.45, 7) is 1.67. The number of hydrogen-bond acceptors (Lipinski definition) is 8. The van der Waals surface area contributed by atoms with E-state index in [1.165, 1.54) is 29.7 Å². The summed E-state index contributed by atoms with van der Waals surface area (Å²) < 4.78 is 0. The number of carbonyl (C=O) groups is 4. The fourth-order valence-corrected chi connectivity index (χ4v) is 5.16.